The molecular formula is C12H16N2O3S. The minimum absolute atomic E-state index is 0.0609. The van der Waals surface area contributed by atoms with Crippen molar-refractivity contribution < 1.29 is 13.0 Å². The molecule has 0 amide bonds. The van der Waals surface area contributed by atoms with Gasteiger partial charge in [0.05, 0.1) is 5.56 Å². The van der Waals surface area contributed by atoms with Crippen molar-refractivity contribution in [2.45, 2.75) is 45.1 Å². The number of hydrogen-bond donors (Lipinski definition) is 1. The number of aromatic nitrogens is 1. The molecule has 0 atom stereocenters. The topological polar surface area (TPSA) is 91.1 Å². The standard InChI is InChI=1S/C12H16N2O3S/c1-4-5-6-10-8(2)11(7-13)12(14-9(10)3)18(15,16)17/h4-6H2,1-3H3,(H,15,16,17). The number of nitrogens with zero attached hydrogens (tertiary/aromatic N) is 2. The molecule has 1 aromatic heterocycles. The fourth-order valence-corrected chi connectivity index (χ4v) is 2.61. The predicted octanol–water partition coefficient (Wildman–Crippen LogP) is 2.16. The van der Waals surface area contributed by atoms with Crippen LogP contribution in [0.1, 0.15) is 42.1 Å². The Bertz CT molecular complexity index is 601. The van der Waals surface area contributed by atoms with Crippen LogP contribution in [-0.4, -0.2) is 18.0 Å². The van der Waals surface area contributed by atoms with Gasteiger partial charge in [-0.15, -0.1) is 0 Å². The Kier molecular flexibility index (Phi) is 4.43. The molecule has 0 aliphatic rings. The first kappa shape index (κ1) is 14.6. The number of pyridine rings is 1. The number of rotatable bonds is 4. The maximum absolute atomic E-state index is 11.2. The van der Waals surface area contributed by atoms with Gasteiger partial charge in [-0.25, -0.2) is 4.98 Å². The molecule has 1 aromatic rings. The fourth-order valence-electron chi connectivity index (χ4n) is 1.90. The van der Waals surface area contributed by atoms with Crippen molar-refractivity contribution in [1.82, 2.24) is 4.98 Å². The van der Waals surface area contributed by atoms with Crippen LogP contribution >= 0.6 is 0 Å². The SMILES string of the molecule is CCCCc1c(C)nc(S(=O)(=O)O)c(C#N)c1C. The highest BCUT2D eigenvalue weighted by Gasteiger charge is 2.22. The van der Waals surface area contributed by atoms with Gasteiger partial charge >= 0.3 is 10.1 Å². The summed E-state index contributed by atoms with van der Waals surface area (Å²) < 4.78 is 31.4. The van der Waals surface area contributed by atoms with E-state index in [9.17, 15) is 8.42 Å². The van der Waals surface area contributed by atoms with Gasteiger partial charge in [-0.1, -0.05) is 13.3 Å². The maximum Gasteiger partial charge on any atom is 0.313 e. The molecule has 0 saturated carbocycles. The van der Waals surface area contributed by atoms with E-state index < -0.39 is 15.1 Å². The van der Waals surface area contributed by atoms with Crippen molar-refractivity contribution in [3.63, 3.8) is 0 Å². The van der Waals surface area contributed by atoms with Crippen LogP contribution in [0.25, 0.3) is 0 Å². The second-order valence-corrected chi connectivity index (χ2v) is 5.51. The quantitative estimate of drug-likeness (QED) is 0.845. The molecule has 0 unspecified atom stereocenters. The van der Waals surface area contributed by atoms with Gasteiger partial charge in [0, 0.05) is 5.69 Å². The van der Waals surface area contributed by atoms with Crippen molar-refractivity contribution in [2.75, 3.05) is 0 Å². The minimum atomic E-state index is -4.46. The molecule has 1 heterocycles. The van der Waals surface area contributed by atoms with Crippen molar-refractivity contribution in [1.29, 1.82) is 5.26 Å². The third-order valence-electron chi connectivity index (χ3n) is 2.88. The van der Waals surface area contributed by atoms with Crippen molar-refractivity contribution in [2.24, 2.45) is 0 Å². The normalized spacial score (nSPS) is 11.3. The van der Waals surface area contributed by atoms with Crippen LogP contribution in [0.4, 0.5) is 0 Å². The lowest BCUT2D eigenvalue weighted by Gasteiger charge is -2.12. The molecular weight excluding hydrogens is 252 g/mol. The van der Waals surface area contributed by atoms with E-state index in [1.807, 2.05) is 6.07 Å². The first-order valence-corrected chi connectivity index (χ1v) is 7.14. The van der Waals surface area contributed by atoms with Crippen LogP contribution in [0, 0.1) is 25.2 Å². The van der Waals surface area contributed by atoms with Gasteiger partial charge in [-0.05, 0) is 37.8 Å². The Balaban J connectivity index is 3.51. The van der Waals surface area contributed by atoms with Gasteiger partial charge in [0.25, 0.3) is 0 Å². The van der Waals surface area contributed by atoms with Gasteiger partial charge in [0.1, 0.15) is 6.07 Å². The summed E-state index contributed by atoms with van der Waals surface area (Å²) in [5, 5.41) is 8.50. The van der Waals surface area contributed by atoms with E-state index in [0.717, 1.165) is 24.8 Å². The summed E-state index contributed by atoms with van der Waals surface area (Å²) in [7, 11) is -4.46. The van der Waals surface area contributed by atoms with E-state index >= 15 is 0 Å². The van der Waals surface area contributed by atoms with Crippen LogP contribution in [0.5, 0.6) is 0 Å². The summed E-state index contributed by atoms with van der Waals surface area (Å²) in [6.45, 7) is 5.43. The molecule has 6 heteroatoms. The second kappa shape index (κ2) is 5.46. The van der Waals surface area contributed by atoms with Crippen LogP contribution in [-0.2, 0) is 16.5 Å². The number of nitriles is 1. The molecule has 0 aromatic carbocycles. The van der Waals surface area contributed by atoms with E-state index in [4.69, 9.17) is 9.81 Å². The smallest absolute Gasteiger partial charge is 0.281 e. The van der Waals surface area contributed by atoms with Gasteiger partial charge < -0.3 is 0 Å². The lowest BCUT2D eigenvalue weighted by molar-refractivity contribution is 0.478. The lowest BCUT2D eigenvalue weighted by atomic mass is 9.99. The Morgan fingerprint density at radius 3 is 2.44 bits per heavy atom. The summed E-state index contributed by atoms with van der Waals surface area (Å²) in [4.78, 5) is 3.87. The molecule has 18 heavy (non-hydrogen) atoms. The predicted molar refractivity (Wildman–Crippen MR) is 66.9 cm³/mol. The van der Waals surface area contributed by atoms with Crippen LogP contribution in [0.3, 0.4) is 0 Å². The minimum Gasteiger partial charge on any atom is -0.281 e. The van der Waals surface area contributed by atoms with E-state index in [-0.39, 0.29) is 5.56 Å². The summed E-state index contributed by atoms with van der Waals surface area (Å²) in [5.74, 6) is 0. The Morgan fingerprint density at radius 1 is 1.39 bits per heavy atom. The van der Waals surface area contributed by atoms with Crippen LogP contribution in [0.15, 0.2) is 5.03 Å². The van der Waals surface area contributed by atoms with E-state index in [1.165, 1.54) is 0 Å². The zero-order chi connectivity index (χ0) is 13.9. The molecule has 1 N–H and O–H groups in total. The first-order valence-electron chi connectivity index (χ1n) is 5.70. The van der Waals surface area contributed by atoms with E-state index in [1.54, 1.807) is 13.8 Å². The molecule has 0 bridgehead atoms. The molecule has 0 radical (unpaired) electrons. The Labute approximate surface area is 107 Å². The van der Waals surface area contributed by atoms with E-state index in [2.05, 4.69) is 11.9 Å². The van der Waals surface area contributed by atoms with Crippen molar-refractivity contribution in [3.8, 4) is 6.07 Å². The summed E-state index contributed by atoms with van der Waals surface area (Å²) in [5.41, 5.74) is 1.97. The largest absolute Gasteiger partial charge is 0.313 e. The summed E-state index contributed by atoms with van der Waals surface area (Å²) in [6, 6.07) is 1.81. The van der Waals surface area contributed by atoms with Crippen molar-refractivity contribution in [3.05, 3.63) is 22.4 Å². The highest BCUT2D eigenvalue weighted by Crippen LogP contribution is 2.23. The average Bonchev–Trinajstić information content (AvgIpc) is 2.27. The lowest BCUT2D eigenvalue weighted by Crippen LogP contribution is -2.10. The molecule has 98 valence electrons. The molecule has 0 spiro atoms. The third-order valence-corrected chi connectivity index (χ3v) is 3.67. The van der Waals surface area contributed by atoms with Gasteiger partial charge in [-0.2, -0.15) is 13.7 Å². The van der Waals surface area contributed by atoms with Gasteiger partial charge in [0.2, 0.25) is 5.03 Å². The maximum atomic E-state index is 11.2. The second-order valence-electron chi connectivity index (χ2n) is 4.17. The Hall–Kier alpha value is -1.45. The monoisotopic (exact) mass is 268 g/mol. The molecule has 5 nitrogen and oxygen atoms in total. The van der Waals surface area contributed by atoms with Crippen molar-refractivity contribution >= 4 is 10.1 Å². The average molecular weight is 268 g/mol. The number of hydrogen-bond acceptors (Lipinski definition) is 4. The molecule has 0 aliphatic heterocycles. The number of aryl methyl sites for hydroxylation is 1. The molecule has 1 rings (SSSR count). The Morgan fingerprint density at radius 2 is 2.00 bits per heavy atom. The molecule has 0 aliphatic carbocycles. The zero-order valence-electron chi connectivity index (χ0n) is 10.7. The number of unbranched alkanes of at least 4 members (excludes halogenated alkanes) is 1. The fraction of sp³-hybridized carbons (Fsp3) is 0.500. The van der Waals surface area contributed by atoms with E-state index in [0.29, 0.717) is 11.3 Å². The van der Waals surface area contributed by atoms with Crippen LogP contribution in [0.2, 0.25) is 0 Å². The highest BCUT2D eigenvalue weighted by molar-refractivity contribution is 7.85. The van der Waals surface area contributed by atoms with Gasteiger partial charge in [-0.3, -0.25) is 4.55 Å². The first-order chi connectivity index (χ1) is 8.32. The van der Waals surface area contributed by atoms with Gasteiger partial charge in [0.15, 0.2) is 0 Å². The summed E-state index contributed by atoms with van der Waals surface area (Å²) >= 11 is 0. The molecule has 0 saturated heterocycles. The highest BCUT2D eigenvalue weighted by atomic mass is 32.2. The van der Waals surface area contributed by atoms with Crippen LogP contribution < -0.4 is 0 Å². The summed E-state index contributed by atoms with van der Waals surface area (Å²) in [6.07, 6.45) is 2.70. The third kappa shape index (κ3) is 2.86. The molecule has 0 fully saturated rings. The zero-order valence-corrected chi connectivity index (χ0v) is 11.5.